The molecule has 2 aromatic rings. The lowest BCUT2D eigenvalue weighted by atomic mass is 10.1. The molecule has 0 fully saturated rings. The topological polar surface area (TPSA) is 31.2 Å². The number of rotatable bonds is 0. The minimum atomic E-state index is -0.212. The number of carbonyl (C=O) groups excluding carboxylic acids is 1. The van der Waals surface area contributed by atoms with Crippen molar-refractivity contribution in [1.82, 2.24) is 4.57 Å². The molecule has 0 saturated heterocycles. The van der Waals surface area contributed by atoms with Crippen LogP contribution in [0.5, 0.6) is 0 Å². The van der Waals surface area contributed by atoms with Crippen LogP contribution in [0, 0.1) is 0 Å². The highest BCUT2D eigenvalue weighted by Gasteiger charge is 2.33. The van der Waals surface area contributed by atoms with Gasteiger partial charge in [-0.1, -0.05) is 18.2 Å². The first-order chi connectivity index (χ1) is 7.20. The highest BCUT2D eigenvalue weighted by atomic mass is 16.5. The number of aromatic nitrogens is 1. The molecule has 2 heterocycles. The van der Waals surface area contributed by atoms with E-state index in [0.29, 0.717) is 5.69 Å². The average molecular weight is 201 g/mol. The van der Waals surface area contributed by atoms with E-state index in [4.69, 9.17) is 4.74 Å². The van der Waals surface area contributed by atoms with Gasteiger partial charge in [-0.05, 0) is 13.0 Å². The number of aryl methyl sites for hydroxylation is 1. The maximum absolute atomic E-state index is 11.6. The van der Waals surface area contributed by atoms with Gasteiger partial charge in [0.05, 0.1) is 0 Å². The largest absolute Gasteiger partial charge is 0.453 e. The van der Waals surface area contributed by atoms with E-state index < -0.39 is 0 Å². The summed E-state index contributed by atoms with van der Waals surface area (Å²) < 4.78 is 7.11. The van der Waals surface area contributed by atoms with E-state index in [2.05, 4.69) is 0 Å². The van der Waals surface area contributed by atoms with Crippen molar-refractivity contribution in [3.05, 3.63) is 35.5 Å². The number of hydrogen-bond acceptors (Lipinski definition) is 2. The molecular formula is C12H11NO2. The number of nitrogens with zero attached hydrogens (tertiary/aromatic N) is 1. The summed E-state index contributed by atoms with van der Waals surface area (Å²) in [5.74, 6) is -0.212. The number of hydrogen-bond donors (Lipinski definition) is 0. The maximum Gasteiger partial charge on any atom is 0.356 e. The molecule has 76 valence electrons. The molecule has 0 aliphatic carbocycles. The van der Waals surface area contributed by atoms with Crippen molar-refractivity contribution in [3.63, 3.8) is 0 Å². The Morgan fingerprint density at radius 2 is 2.07 bits per heavy atom. The van der Waals surface area contributed by atoms with E-state index in [0.717, 1.165) is 16.5 Å². The number of fused-ring (bicyclic) bond motifs is 3. The molecule has 0 amide bonds. The summed E-state index contributed by atoms with van der Waals surface area (Å²) in [6.07, 6.45) is -0.126. The normalized spacial score (nSPS) is 19.3. The van der Waals surface area contributed by atoms with Gasteiger partial charge in [0.1, 0.15) is 11.8 Å². The van der Waals surface area contributed by atoms with Crippen LogP contribution in [0.15, 0.2) is 24.3 Å². The summed E-state index contributed by atoms with van der Waals surface area (Å²) in [5.41, 5.74) is 2.81. The Morgan fingerprint density at radius 3 is 2.87 bits per heavy atom. The SMILES string of the molecule is CC1OC(=O)c2c1c1ccccc1n2C. The van der Waals surface area contributed by atoms with Gasteiger partial charge in [0.2, 0.25) is 0 Å². The third-order valence-corrected chi connectivity index (χ3v) is 3.03. The minimum absolute atomic E-state index is 0.126. The van der Waals surface area contributed by atoms with Gasteiger partial charge in [-0.3, -0.25) is 0 Å². The van der Waals surface area contributed by atoms with Gasteiger partial charge in [-0.2, -0.15) is 0 Å². The molecule has 0 saturated carbocycles. The summed E-state index contributed by atoms with van der Waals surface area (Å²) in [6.45, 7) is 1.91. The van der Waals surface area contributed by atoms with E-state index in [1.165, 1.54) is 0 Å². The van der Waals surface area contributed by atoms with Crippen LogP contribution in [0.4, 0.5) is 0 Å². The number of esters is 1. The standard InChI is InChI=1S/C12H11NO2/c1-7-10-8-5-3-4-6-9(8)13(2)11(10)12(14)15-7/h3-7H,1-2H3. The van der Waals surface area contributed by atoms with Gasteiger partial charge >= 0.3 is 5.97 Å². The fourth-order valence-corrected chi connectivity index (χ4v) is 2.36. The zero-order valence-electron chi connectivity index (χ0n) is 8.65. The molecule has 1 atom stereocenters. The quantitative estimate of drug-likeness (QED) is 0.613. The zero-order valence-corrected chi connectivity index (χ0v) is 8.65. The lowest BCUT2D eigenvalue weighted by Gasteiger charge is -2.03. The Labute approximate surface area is 87.3 Å². The Bertz CT molecular complexity index is 568. The van der Waals surface area contributed by atoms with Crippen molar-refractivity contribution in [2.75, 3.05) is 0 Å². The van der Waals surface area contributed by atoms with E-state index in [9.17, 15) is 4.79 Å². The molecular weight excluding hydrogens is 190 g/mol. The van der Waals surface area contributed by atoms with Crippen LogP contribution in [0.3, 0.4) is 0 Å². The third kappa shape index (κ3) is 0.923. The molecule has 1 aliphatic heterocycles. The van der Waals surface area contributed by atoms with Crippen LogP contribution in [0.2, 0.25) is 0 Å². The van der Waals surface area contributed by atoms with E-state index in [1.54, 1.807) is 0 Å². The summed E-state index contributed by atoms with van der Waals surface area (Å²) in [5, 5.41) is 1.12. The Morgan fingerprint density at radius 1 is 1.33 bits per heavy atom. The summed E-state index contributed by atoms with van der Waals surface area (Å²) >= 11 is 0. The van der Waals surface area contributed by atoms with Crippen LogP contribution in [0.1, 0.15) is 29.1 Å². The molecule has 1 aliphatic rings. The first-order valence-corrected chi connectivity index (χ1v) is 4.98. The molecule has 0 N–H and O–H groups in total. The fourth-order valence-electron chi connectivity index (χ4n) is 2.36. The number of carbonyl (C=O) groups is 1. The Hall–Kier alpha value is -1.77. The predicted octanol–water partition coefficient (Wildman–Crippen LogP) is 2.41. The van der Waals surface area contributed by atoms with Gasteiger partial charge < -0.3 is 9.30 Å². The van der Waals surface area contributed by atoms with Crippen LogP contribution < -0.4 is 0 Å². The van der Waals surface area contributed by atoms with Crippen molar-refractivity contribution < 1.29 is 9.53 Å². The second kappa shape index (κ2) is 2.63. The van der Waals surface area contributed by atoms with Crippen molar-refractivity contribution in [3.8, 4) is 0 Å². The van der Waals surface area contributed by atoms with E-state index in [1.807, 2.05) is 42.8 Å². The monoisotopic (exact) mass is 201 g/mol. The molecule has 15 heavy (non-hydrogen) atoms. The van der Waals surface area contributed by atoms with E-state index in [-0.39, 0.29) is 12.1 Å². The van der Waals surface area contributed by atoms with Crippen LogP contribution >= 0.6 is 0 Å². The molecule has 0 spiro atoms. The summed E-state index contributed by atoms with van der Waals surface area (Å²) in [6, 6.07) is 8.02. The lowest BCUT2D eigenvalue weighted by Crippen LogP contribution is -2.03. The van der Waals surface area contributed by atoms with Gasteiger partial charge in [0.15, 0.2) is 0 Å². The van der Waals surface area contributed by atoms with Crippen molar-refractivity contribution >= 4 is 16.9 Å². The highest BCUT2D eigenvalue weighted by molar-refractivity contribution is 6.01. The fraction of sp³-hybridized carbons (Fsp3) is 0.250. The predicted molar refractivity (Wildman–Crippen MR) is 56.7 cm³/mol. The minimum Gasteiger partial charge on any atom is -0.453 e. The highest BCUT2D eigenvalue weighted by Crippen LogP contribution is 2.37. The molecule has 1 aromatic carbocycles. The zero-order chi connectivity index (χ0) is 10.6. The molecule has 1 aromatic heterocycles. The smallest absolute Gasteiger partial charge is 0.356 e. The van der Waals surface area contributed by atoms with Crippen molar-refractivity contribution in [2.24, 2.45) is 7.05 Å². The lowest BCUT2D eigenvalue weighted by molar-refractivity contribution is 0.0416. The molecule has 3 rings (SSSR count). The molecule has 1 unspecified atom stereocenters. The molecule has 3 heteroatoms. The number of ether oxygens (including phenoxy) is 1. The second-order valence-corrected chi connectivity index (χ2v) is 3.89. The number of benzene rings is 1. The Balaban J connectivity index is 2.50. The van der Waals surface area contributed by atoms with Crippen molar-refractivity contribution in [1.29, 1.82) is 0 Å². The number of para-hydroxylation sites is 1. The second-order valence-electron chi connectivity index (χ2n) is 3.89. The van der Waals surface area contributed by atoms with Crippen LogP contribution in [-0.2, 0) is 11.8 Å². The van der Waals surface area contributed by atoms with Crippen molar-refractivity contribution in [2.45, 2.75) is 13.0 Å². The van der Waals surface area contributed by atoms with Gasteiger partial charge in [-0.25, -0.2) is 4.79 Å². The maximum atomic E-state index is 11.6. The number of cyclic esters (lactones) is 1. The van der Waals surface area contributed by atoms with E-state index >= 15 is 0 Å². The molecule has 3 nitrogen and oxygen atoms in total. The summed E-state index contributed by atoms with van der Waals surface area (Å²) in [7, 11) is 1.90. The Kier molecular flexibility index (Phi) is 1.49. The van der Waals surface area contributed by atoms with Gasteiger partial charge in [0.25, 0.3) is 0 Å². The van der Waals surface area contributed by atoms with Crippen LogP contribution in [-0.4, -0.2) is 10.5 Å². The molecule has 0 bridgehead atoms. The summed E-state index contributed by atoms with van der Waals surface area (Å²) in [4.78, 5) is 11.6. The molecule has 0 radical (unpaired) electrons. The first-order valence-electron chi connectivity index (χ1n) is 4.98. The van der Waals surface area contributed by atoms with Crippen LogP contribution in [0.25, 0.3) is 10.9 Å². The van der Waals surface area contributed by atoms with Gasteiger partial charge in [-0.15, -0.1) is 0 Å². The average Bonchev–Trinajstić information content (AvgIpc) is 2.68. The third-order valence-electron chi connectivity index (χ3n) is 3.03. The first kappa shape index (κ1) is 8.53. The van der Waals surface area contributed by atoms with Gasteiger partial charge in [0, 0.05) is 23.5 Å².